The Kier molecular flexibility index (Phi) is 1.92. The fraction of sp³-hybridized carbons (Fsp3) is 0.667. The van der Waals surface area contributed by atoms with Gasteiger partial charge in [0.1, 0.15) is 0 Å². The van der Waals surface area contributed by atoms with Crippen LogP contribution in [-0.4, -0.2) is 23.9 Å². The molecule has 3 heteroatoms. The summed E-state index contributed by atoms with van der Waals surface area (Å²) in [6, 6.07) is 0. The summed E-state index contributed by atoms with van der Waals surface area (Å²) in [7, 11) is 0. The molecule has 1 aliphatic rings. The molecule has 0 bridgehead atoms. The third-order valence-corrected chi connectivity index (χ3v) is 1.53. The van der Waals surface area contributed by atoms with Crippen LogP contribution >= 0.6 is 0 Å². The van der Waals surface area contributed by atoms with Crippen LogP contribution in [0, 0.1) is 11.8 Å². The Labute approximate surface area is 55.3 Å². The molecule has 0 aromatic carbocycles. The molecule has 1 aliphatic heterocycles. The first-order valence-electron chi connectivity index (χ1n) is 3.21. The van der Waals surface area contributed by atoms with Crippen molar-refractivity contribution in [2.75, 3.05) is 13.1 Å². The fourth-order valence-corrected chi connectivity index (χ4v) is 0.984. The topological polar surface area (TPSA) is 53.1 Å². The lowest BCUT2D eigenvalue weighted by Gasteiger charge is -2.26. The lowest BCUT2D eigenvalue weighted by atomic mass is 10.1. The van der Waals surface area contributed by atoms with Crippen LogP contribution in [0.2, 0.25) is 0 Å². The van der Waals surface area contributed by atoms with Gasteiger partial charge in [-0.05, 0) is 19.3 Å². The Bertz CT molecular complexity index is 105. The minimum Gasteiger partial charge on any atom is -0.370 e. The van der Waals surface area contributed by atoms with Crippen LogP contribution in [0.1, 0.15) is 12.8 Å². The van der Waals surface area contributed by atoms with Gasteiger partial charge in [0.05, 0.1) is 0 Å². The quantitative estimate of drug-likeness (QED) is 0.359. The molecule has 0 unspecified atom stereocenters. The molecule has 0 aromatic rings. The average Bonchev–Trinajstić information content (AvgIpc) is 1.90. The highest BCUT2D eigenvalue weighted by Crippen LogP contribution is 2.05. The summed E-state index contributed by atoms with van der Waals surface area (Å²) in [6.45, 7) is 1.81. The highest BCUT2D eigenvalue weighted by atomic mass is 15.2. The molecule has 3 N–H and O–H groups in total. The molecule has 1 fully saturated rings. The molecule has 0 amide bonds. The van der Waals surface area contributed by atoms with Crippen LogP contribution in [0.5, 0.6) is 0 Å². The lowest BCUT2D eigenvalue weighted by molar-refractivity contribution is 0.387. The van der Waals surface area contributed by atoms with Gasteiger partial charge in [-0.15, -0.1) is 0 Å². The summed E-state index contributed by atoms with van der Waals surface area (Å²) in [6.07, 6.45) is 4.47. The number of hydrogen-bond acceptors (Lipinski definition) is 1. The van der Waals surface area contributed by atoms with Crippen molar-refractivity contribution in [3.8, 4) is 0 Å². The number of piperidine rings is 1. The van der Waals surface area contributed by atoms with Crippen LogP contribution in [0.25, 0.3) is 0 Å². The zero-order valence-corrected chi connectivity index (χ0v) is 5.43. The third-order valence-electron chi connectivity index (χ3n) is 1.53. The second-order valence-electron chi connectivity index (χ2n) is 2.26. The van der Waals surface area contributed by atoms with Gasteiger partial charge in [-0.3, -0.25) is 5.41 Å². The summed E-state index contributed by atoms with van der Waals surface area (Å²) < 4.78 is 0. The third kappa shape index (κ3) is 1.59. The summed E-state index contributed by atoms with van der Waals surface area (Å²) >= 11 is 0. The summed E-state index contributed by atoms with van der Waals surface area (Å²) in [5, 5.41) is 7.07. The van der Waals surface area contributed by atoms with Crippen LogP contribution < -0.4 is 5.73 Å². The maximum Gasteiger partial charge on any atom is 0.188 e. The molecule has 9 heavy (non-hydrogen) atoms. The number of guanidine groups is 1. The first-order chi connectivity index (χ1) is 4.30. The highest BCUT2D eigenvalue weighted by Gasteiger charge is 2.09. The van der Waals surface area contributed by atoms with E-state index in [0.29, 0.717) is 0 Å². The second-order valence-corrected chi connectivity index (χ2v) is 2.26. The van der Waals surface area contributed by atoms with Crippen LogP contribution in [0.3, 0.4) is 0 Å². The second kappa shape index (κ2) is 2.71. The Hall–Kier alpha value is -0.730. The number of nitrogens with zero attached hydrogens (tertiary/aromatic N) is 1. The van der Waals surface area contributed by atoms with Gasteiger partial charge in [-0.25, -0.2) is 0 Å². The predicted octanol–water partition coefficient (Wildman–Crippen LogP) is 0.180. The molecule has 1 radical (unpaired) electrons. The van der Waals surface area contributed by atoms with Crippen LogP contribution in [0.4, 0.5) is 0 Å². The van der Waals surface area contributed by atoms with E-state index in [1.807, 2.05) is 4.90 Å². The molecule has 1 saturated heterocycles. The van der Waals surface area contributed by atoms with Gasteiger partial charge in [0.2, 0.25) is 0 Å². The van der Waals surface area contributed by atoms with E-state index in [0.717, 1.165) is 19.5 Å². The minimum atomic E-state index is 0.200. The van der Waals surface area contributed by atoms with E-state index >= 15 is 0 Å². The Morgan fingerprint density at radius 3 is 2.78 bits per heavy atom. The fourth-order valence-electron chi connectivity index (χ4n) is 0.984. The number of nitrogens with one attached hydrogen (secondary N) is 1. The average molecular weight is 126 g/mol. The van der Waals surface area contributed by atoms with E-state index < -0.39 is 0 Å². The van der Waals surface area contributed by atoms with Gasteiger partial charge in [-0.2, -0.15) is 0 Å². The Balaban J connectivity index is 2.31. The van der Waals surface area contributed by atoms with Gasteiger partial charge in [0.15, 0.2) is 5.96 Å². The van der Waals surface area contributed by atoms with Crippen molar-refractivity contribution >= 4 is 5.96 Å². The largest absolute Gasteiger partial charge is 0.370 e. The molecule has 1 heterocycles. The van der Waals surface area contributed by atoms with Gasteiger partial charge in [-0.1, -0.05) is 0 Å². The van der Waals surface area contributed by atoms with Crippen molar-refractivity contribution in [3.63, 3.8) is 0 Å². The first-order valence-corrected chi connectivity index (χ1v) is 3.21. The van der Waals surface area contributed by atoms with E-state index in [1.165, 1.54) is 6.42 Å². The Morgan fingerprint density at radius 2 is 2.44 bits per heavy atom. The van der Waals surface area contributed by atoms with Crippen molar-refractivity contribution in [1.82, 2.24) is 4.90 Å². The molecule has 0 spiro atoms. The molecular formula is C6H12N3. The van der Waals surface area contributed by atoms with Gasteiger partial charge in [0, 0.05) is 13.1 Å². The normalized spacial score (nSPS) is 19.8. The number of rotatable bonds is 0. The van der Waals surface area contributed by atoms with E-state index in [4.69, 9.17) is 11.1 Å². The molecule has 0 aliphatic carbocycles. The minimum absolute atomic E-state index is 0.200. The number of likely N-dealkylation sites (tertiary alicyclic amines) is 1. The van der Waals surface area contributed by atoms with E-state index in [-0.39, 0.29) is 5.96 Å². The lowest BCUT2D eigenvalue weighted by Crippen LogP contribution is -2.40. The monoisotopic (exact) mass is 126 g/mol. The molecule has 0 aromatic heterocycles. The maximum atomic E-state index is 7.07. The van der Waals surface area contributed by atoms with E-state index in [2.05, 4.69) is 6.42 Å². The van der Waals surface area contributed by atoms with Crippen molar-refractivity contribution in [2.45, 2.75) is 12.8 Å². The van der Waals surface area contributed by atoms with Gasteiger partial charge in [0.25, 0.3) is 0 Å². The molecule has 0 atom stereocenters. The van der Waals surface area contributed by atoms with Gasteiger partial charge < -0.3 is 10.6 Å². The SMILES string of the molecule is N=C(N)N1C[CH]CCC1. The first kappa shape index (κ1) is 6.39. The predicted molar refractivity (Wildman–Crippen MR) is 37.0 cm³/mol. The van der Waals surface area contributed by atoms with Crippen molar-refractivity contribution in [2.24, 2.45) is 5.73 Å². The smallest absolute Gasteiger partial charge is 0.188 e. The van der Waals surface area contributed by atoms with Gasteiger partial charge >= 0.3 is 0 Å². The standard InChI is InChI=1S/C6H12N3/c7-6(8)9-4-2-1-3-5-9/h2H,1,3-5H2,(H3,7,8). The molecule has 1 rings (SSSR count). The zero-order valence-electron chi connectivity index (χ0n) is 5.43. The molecule has 51 valence electrons. The molecule has 3 nitrogen and oxygen atoms in total. The summed E-state index contributed by atoms with van der Waals surface area (Å²) in [4.78, 5) is 1.86. The van der Waals surface area contributed by atoms with Crippen molar-refractivity contribution in [3.05, 3.63) is 6.42 Å². The van der Waals surface area contributed by atoms with Crippen molar-refractivity contribution in [1.29, 1.82) is 5.41 Å². The zero-order chi connectivity index (χ0) is 6.69. The van der Waals surface area contributed by atoms with E-state index in [9.17, 15) is 0 Å². The van der Waals surface area contributed by atoms with Crippen LogP contribution in [-0.2, 0) is 0 Å². The number of hydrogen-bond donors (Lipinski definition) is 2. The Morgan fingerprint density at radius 1 is 1.67 bits per heavy atom. The molecule has 0 saturated carbocycles. The highest BCUT2D eigenvalue weighted by molar-refractivity contribution is 5.74. The number of nitrogens with two attached hydrogens (primary N) is 1. The van der Waals surface area contributed by atoms with Crippen molar-refractivity contribution < 1.29 is 0 Å². The van der Waals surface area contributed by atoms with E-state index in [1.54, 1.807) is 0 Å². The maximum absolute atomic E-state index is 7.07. The summed E-state index contributed by atoms with van der Waals surface area (Å²) in [5.74, 6) is 0.200. The van der Waals surface area contributed by atoms with Crippen LogP contribution in [0.15, 0.2) is 0 Å². The summed E-state index contributed by atoms with van der Waals surface area (Å²) in [5.41, 5.74) is 5.26. The molecular weight excluding hydrogens is 114 g/mol.